The van der Waals surface area contributed by atoms with Gasteiger partial charge < -0.3 is 14.6 Å². The highest BCUT2D eigenvalue weighted by Crippen LogP contribution is 2.55. The van der Waals surface area contributed by atoms with Crippen molar-refractivity contribution < 1.29 is 29.0 Å². The minimum absolute atomic E-state index is 0.0619. The highest BCUT2D eigenvalue weighted by molar-refractivity contribution is 6.07. The summed E-state index contributed by atoms with van der Waals surface area (Å²) in [7, 11) is 2.44. The van der Waals surface area contributed by atoms with Gasteiger partial charge in [0, 0.05) is 6.42 Å². The van der Waals surface area contributed by atoms with Crippen molar-refractivity contribution in [2.75, 3.05) is 14.2 Å². The van der Waals surface area contributed by atoms with Crippen LogP contribution in [-0.4, -0.2) is 43.2 Å². The van der Waals surface area contributed by atoms with E-state index in [-0.39, 0.29) is 31.5 Å². The molecule has 0 aromatic heterocycles. The van der Waals surface area contributed by atoms with Crippen LogP contribution in [0.4, 0.5) is 0 Å². The average molecular weight is 256 g/mol. The normalized spacial score (nSPS) is 38.4. The smallest absolute Gasteiger partial charge is 0.319 e. The summed E-state index contributed by atoms with van der Waals surface area (Å²) in [6, 6.07) is 0. The highest BCUT2D eigenvalue weighted by atomic mass is 16.5. The van der Waals surface area contributed by atoms with E-state index in [1.807, 2.05) is 0 Å². The highest BCUT2D eigenvalue weighted by Gasteiger charge is 2.66. The first-order chi connectivity index (χ1) is 8.43. The number of fused-ring (bicyclic) bond motifs is 3. The maximum atomic E-state index is 12.1. The van der Waals surface area contributed by atoms with E-state index in [9.17, 15) is 19.5 Å². The largest absolute Gasteiger partial charge is 0.469 e. The lowest BCUT2D eigenvalue weighted by Gasteiger charge is -2.51. The van der Waals surface area contributed by atoms with E-state index < -0.39 is 28.9 Å². The van der Waals surface area contributed by atoms with Gasteiger partial charge in [0.1, 0.15) is 10.8 Å². The Morgan fingerprint density at radius 3 is 2.28 bits per heavy atom. The van der Waals surface area contributed by atoms with E-state index in [0.29, 0.717) is 0 Å². The molecular formula is C12H16O6. The quantitative estimate of drug-likeness (QED) is 0.544. The first kappa shape index (κ1) is 13.0. The number of Topliss-reactive ketones (excluding diaryl/α,β-unsaturated/α-hetero) is 1. The molecule has 3 rings (SSSR count). The molecule has 3 aliphatic rings. The van der Waals surface area contributed by atoms with Crippen LogP contribution in [0.2, 0.25) is 0 Å². The fraction of sp³-hybridized carbons (Fsp3) is 0.750. The number of carbonyl (C=O) groups excluding carboxylic acids is 3. The monoisotopic (exact) mass is 256 g/mol. The molecule has 3 unspecified atom stereocenters. The molecule has 1 N–H and O–H groups in total. The minimum Gasteiger partial charge on any atom is -0.469 e. The molecule has 6 nitrogen and oxygen atoms in total. The van der Waals surface area contributed by atoms with Crippen molar-refractivity contribution in [3.8, 4) is 0 Å². The van der Waals surface area contributed by atoms with Crippen LogP contribution in [0.25, 0.3) is 0 Å². The molecule has 0 aromatic rings. The van der Waals surface area contributed by atoms with Gasteiger partial charge in [0.05, 0.1) is 20.3 Å². The first-order valence-electron chi connectivity index (χ1n) is 5.81. The molecule has 3 fully saturated rings. The van der Waals surface area contributed by atoms with Gasteiger partial charge in [0.15, 0.2) is 5.78 Å². The number of ketones is 1. The molecule has 3 saturated carbocycles. The Balaban J connectivity index is 2.37. The van der Waals surface area contributed by atoms with Crippen LogP contribution in [0, 0.1) is 10.8 Å². The van der Waals surface area contributed by atoms with E-state index in [4.69, 9.17) is 0 Å². The van der Waals surface area contributed by atoms with Crippen molar-refractivity contribution in [1.29, 1.82) is 0 Å². The summed E-state index contributed by atoms with van der Waals surface area (Å²) in [5, 5.41) is 10.1. The summed E-state index contributed by atoms with van der Waals surface area (Å²) >= 11 is 0. The number of aliphatic hydroxyl groups is 1. The van der Waals surface area contributed by atoms with Gasteiger partial charge in [-0.3, -0.25) is 14.4 Å². The van der Waals surface area contributed by atoms with Crippen molar-refractivity contribution in [3.05, 3.63) is 0 Å². The lowest BCUT2D eigenvalue weighted by atomic mass is 9.51. The number of hydrogen-bond acceptors (Lipinski definition) is 6. The number of ether oxygens (including phenoxy) is 2. The number of hydrogen-bond donors (Lipinski definition) is 1. The third-order valence-electron chi connectivity index (χ3n) is 4.36. The second-order valence-corrected chi connectivity index (χ2v) is 5.04. The van der Waals surface area contributed by atoms with E-state index >= 15 is 0 Å². The van der Waals surface area contributed by atoms with Gasteiger partial charge in [-0.15, -0.1) is 0 Å². The maximum absolute atomic E-state index is 12.1. The second-order valence-electron chi connectivity index (χ2n) is 5.04. The van der Waals surface area contributed by atoms with E-state index in [1.165, 1.54) is 14.2 Å². The van der Waals surface area contributed by atoms with E-state index in [2.05, 4.69) is 9.47 Å². The second kappa shape index (κ2) is 4.05. The van der Waals surface area contributed by atoms with Crippen LogP contribution in [0.3, 0.4) is 0 Å². The molecule has 100 valence electrons. The van der Waals surface area contributed by atoms with Gasteiger partial charge in [-0.1, -0.05) is 0 Å². The molecule has 2 bridgehead atoms. The van der Waals surface area contributed by atoms with Crippen molar-refractivity contribution in [2.24, 2.45) is 10.8 Å². The zero-order valence-electron chi connectivity index (χ0n) is 10.4. The lowest BCUT2D eigenvalue weighted by Crippen LogP contribution is -2.62. The average Bonchev–Trinajstić information content (AvgIpc) is 2.38. The number of carbonyl (C=O) groups is 3. The Bertz CT molecular complexity index is 417. The summed E-state index contributed by atoms with van der Waals surface area (Å²) in [6.07, 6.45) is -0.772. The fourth-order valence-corrected chi connectivity index (χ4v) is 3.15. The number of esters is 2. The van der Waals surface area contributed by atoms with E-state index in [0.717, 1.165) is 0 Å². The maximum Gasteiger partial charge on any atom is 0.319 e. The summed E-state index contributed by atoms with van der Waals surface area (Å²) in [5.41, 5.74) is -2.45. The topological polar surface area (TPSA) is 89.9 Å². The van der Waals surface area contributed by atoms with Crippen molar-refractivity contribution in [2.45, 2.75) is 31.8 Å². The van der Waals surface area contributed by atoms with Crippen LogP contribution >= 0.6 is 0 Å². The molecule has 0 radical (unpaired) electrons. The number of aliphatic hydroxyl groups excluding tert-OH is 1. The van der Waals surface area contributed by atoms with Crippen LogP contribution in [-0.2, 0) is 23.9 Å². The first-order valence-corrected chi connectivity index (χ1v) is 5.81. The molecule has 0 aromatic carbocycles. The Hall–Kier alpha value is -1.43. The van der Waals surface area contributed by atoms with E-state index in [1.54, 1.807) is 0 Å². The Morgan fingerprint density at radius 2 is 1.83 bits per heavy atom. The molecular weight excluding hydrogens is 240 g/mol. The Labute approximate surface area is 104 Å². The van der Waals surface area contributed by atoms with Crippen LogP contribution in [0.5, 0.6) is 0 Å². The summed E-state index contributed by atoms with van der Waals surface area (Å²) in [5.74, 6) is -1.54. The van der Waals surface area contributed by atoms with Crippen LogP contribution < -0.4 is 0 Å². The van der Waals surface area contributed by atoms with Gasteiger partial charge in [-0.05, 0) is 19.3 Å². The Kier molecular flexibility index (Phi) is 2.93. The van der Waals surface area contributed by atoms with Gasteiger partial charge in [0.25, 0.3) is 0 Å². The van der Waals surface area contributed by atoms with Gasteiger partial charge in [-0.2, -0.15) is 0 Å². The summed E-state index contributed by atoms with van der Waals surface area (Å²) < 4.78 is 9.34. The molecule has 0 heterocycles. The fourth-order valence-electron chi connectivity index (χ4n) is 3.15. The summed E-state index contributed by atoms with van der Waals surface area (Å²) in [4.78, 5) is 35.7. The van der Waals surface area contributed by atoms with Gasteiger partial charge in [0.2, 0.25) is 0 Å². The standard InChI is InChI=1S/C12H16O6/c1-17-9(15)11-3-4-12(6-7(11)13,8(14)5-11)10(16)18-2/h7,13H,3-6H2,1-2H3. The molecule has 0 aliphatic heterocycles. The molecule has 0 spiro atoms. The minimum atomic E-state index is -1.27. The van der Waals surface area contributed by atoms with Gasteiger partial charge >= 0.3 is 11.9 Å². The predicted octanol–water partition coefficient (Wildman–Crippen LogP) is -0.177. The zero-order valence-corrected chi connectivity index (χ0v) is 10.4. The molecule has 0 amide bonds. The van der Waals surface area contributed by atoms with Crippen LogP contribution in [0.15, 0.2) is 0 Å². The van der Waals surface area contributed by atoms with Crippen molar-refractivity contribution in [1.82, 2.24) is 0 Å². The number of rotatable bonds is 2. The summed E-state index contributed by atoms with van der Waals surface area (Å²) in [6.45, 7) is 0. The third-order valence-corrected chi connectivity index (χ3v) is 4.36. The molecule has 0 saturated heterocycles. The lowest BCUT2D eigenvalue weighted by molar-refractivity contribution is -0.193. The number of methoxy groups -OCH3 is 2. The molecule has 6 heteroatoms. The molecule has 18 heavy (non-hydrogen) atoms. The predicted molar refractivity (Wildman–Crippen MR) is 58.4 cm³/mol. The van der Waals surface area contributed by atoms with Gasteiger partial charge in [-0.25, -0.2) is 0 Å². The SMILES string of the molecule is COC(=O)C12CCC(C(=O)OC)(CC1=O)C(O)C2. The van der Waals surface area contributed by atoms with Crippen LogP contribution in [0.1, 0.15) is 25.7 Å². The Morgan fingerprint density at radius 1 is 1.22 bits per heavy atom. The molecule has 3 aliphatic carbocycles. The van der Waals surface area contributed by atoms with Crippen molar-refractivity contribution in [3.63, 3.8) is 0 Å². The molecule has 3 atom stereocenters. The third kappa shape index (κ3) is 1.41. The van der Waals surface area contributed by atoms with Crippen molar-refractivity contribution >= 4 is 17.7 Å². The zero-order chi connectivity index (χ0) is 13.6.